The number of rotatable bonds is 6. The van der Waals surface area contributed by atoms with E-state index in [1.165, 1.54) is 0 Å². The number of hydrogen-bond acceptors (Lipinski definition) is 3. The fourth-order valence-corrected chi connectivity index (χ4v) is 2.81. The third-order valence-corrected chi connectivity index (χ3v) is 3.93. The summed E-state index contributed by atoms with van der Waals surface area (Å²) in [6, 6.07) is 5.20. The van der Waals surface area contributed by atoms with Crippen molar-refractivity contribution in [1.82, 2.24) is 9.47 Å². The molecule has 1 fully saturated rings. The highest BCUT2D eigenvalue weighted by Crippen LogP contribution is 2.20. The van der Waals surface area contributed by atoms with Crippen LogP contribution in [0.15, 0.2) is 29.2 Å². The van der Waals surface area contributed by atoms with Gasteiger partial charge in [0, 0.05) is 38.3 Å². The van der Waals surface area contributed by atoms with E-state index >= 15 is 0 Å². The predicted molar refractivity (Wildman–Crippen MR) is 76.7 cm³/mol. The Morgan fingerprint density at radius 3 is 2.95 bits per heavy atom. The van der Waals surface area contributed by atoms with Crippen LogP contribution in [0.2, 0.25) is 0 Å². The van der Waals surface area contributed by atoms with Crippen LogP contribution in [-0.2, 0) is 11.3 Å². The summed E-state index contributed by atoms with van der Waals surface area (Å²) in [7, 11) is 0. The second-order valence-electron chi connectivity index (χ2n) is 5.47. The minimum atomic E-state index is -0.710. The summed E-state index contributed by atoms with van der Waals surface area (Å²) in [6.45, 7) is 3.55. The van der Waals surface area contributed by atoms with Gasteiger partial charge in [0.25, 0.3) is 5.56 Å². The molecule has 0 aliphatic carbocycles. The number of carbonyl (C=O) groups is 1. The van der Waals surface area contributed by atoms with E-state index in [9.17, 15) is 9.59 Å². The smallest absolute Gasteiger partial charge is 0.303 e. The van der Waals surface area contributed by atoms with Gasteiger partial charge in [0.05, 0.1) is 0 Å². The summed E-state index contributed by atoms with van der Waals surface area (Å²) in [5.41, 5.74) is 0.0342. The zero-order chi connectivity index (χ0) is 14.4. The maximum absolute atomic E-state index is 11.6. The quantitative estimate of drug-likeness (QED) is 0.855. The van der Waals surface area contributed by atoms with Gasteiger partial charge in [-0.3, -0.25) is 9.59 Å². The molecule has 110 valence electrons. The molecule has 1 saturated heterocycles. The lowest BCUT2D eigenvalue weighted by Gasteiger charge is -2.32. The largest absolute Gasteiger partial charge is 0.481 e. The molecule has 2 rings (SSSR count). The normalized spacial score (nSPS) is 19.9. The second-order valence-corrected chi connectivity index (χ2v) is 5.47. The van der Waals surface area contributed by atoms with Crippen molar-refractivity contribution in [2.45, 2.75) is 32.2 Å². The number of pyridine rings is 1. The highest BCUT2D eigenvalue weighted by atomic mass is 16.4. The van der Waals surface area contributed by atoms with Gasteiger partial charge >= 0.3 is 5.97 Å². The van der Waals surface area contributed by atoms with Crippen molar-refractivity contribution in [3.8, 4) is 0 Å². The van der Waals surface area contributed by atoms with E-state index in [1.54, 1.807) is 16.7 Å². The molecule has 1 unspecified atom stereocenters. The molecule has 0 saturated carbocycles. The average molecular weight is 278 g/mol. The van der Waals surface area contributed by atoms with E-state index in [2.05, 4.69) is 4.90 Å². The number of piperidine rings is 1. The summed E-state index contributed by atoms with van der Waals surface area (Å²) in [6.07, 6.45) is 5.07. The number of likely N-dealkylation sites (tertiary alicyclic amines) is 1. The maximum Gasteiger partial charge on any atom is 0.303 e. The molecule has 0 amide bonds. The Bertz CT molecular complexity index is 498. The maximum atomic E-state index is 11.6. The summed E-state index contributed by atoms with van der Waals surface area (Å²) >= 11 is 0. The molecule has 2 heterocycles. The monoisotopic (exact) mass is 278 g/mol. The van der Waals surface area contributed by atoms with Crippen molar-refractivity contribution in [1.29, 1.82) is 0 Å². The molecule has 1 aromatic rings. The lowest BCUT2D eigenvalue weighted by atomic mass is 9.93. The van der Waals surface area contributed by atoms with E-state index in [0.717, 1.165) is 38.9 Å². The molecule has 1 aliphatic rings. The van der Waals surface area contributed by atoms with Gasteiger partial charge in [0.1, 0.15) is 0 Å². The molecular weight excluding hydrogens is 256 g/mol. The van der Waals surface area contributed by atoms with E-state index in [1.807, 2.05) is 12.3 Å². The van der Waals surface area contributed by atoms with Crippen molar-refractivity contribution in [3.63, 3.8) is 0 Å². The highest BCUT2D eigenvalue weighted by Gasteiger charge is 2.20. The summed E-state index contributed by atoms with van der Waals surface area (Å²) in [5.74, 6) is -0.231. The number of aromatic nitrogens is 1. The fourth-order valence-electron chi connectivity index (χ4n) is 2.81. The van der Waals surface area contributed by atoms with Gasteiger partial charge < -0.3 is 14.6 Å². The van der Waals surface area contributed by atoms with Crippen LogP contribution >= 0.6 is 0 Å². The van der Waals surface area contributed by atoms with Crippen molar-refractivity contribution in [2.75, 3.05) is 19.6 Å². The molecular formula is C15H22N2O3. The van der Waals surface area contributed by atoms with Crippen LogP contribution in [0.4, 0.5) is 0 Å². The molecule has 5 heteroatoms. The minimum Gasteiger partial charge on any atom is -0.481 e. The molecule has 1 aliphatic heterocycles. The van der Waals surface area contributed by atoms with Crippen LogP contribution in [0.1, 0.15) is 25.7 Å². The Balaban J connectivity index is 1.79. The highest BCUT2D eigenvalue weighted by molar-refractivity contribution is 5.66. The number of aliphatic carboxylic acids is 1. The second kappa shape index (κ2) is 7.24. The van der Waals surface area contributed by atoms with Crippen LogP contribution in [0, 0.1) is 5.92 Å². The first-order chi connectivity index (χ1) is 9.65. The van der Waals surface area contributed by atoms with Crippen molar-refractivity contribution in [2.24, 2.45) is 5.92 Å². The van der Waals surface area contributed by atoms with E-state index in [-0.39, 0.29) is 12.0 Å². The van der Waals surface area contributed by atoms with E-state index in [0.29, 0.717) is 12.5 Å². The number of carboxylic acids is 1. The molecule has 1 N–H and O–H groups in total. The summed E-state index contributed by atoms with van der Waals surface area (Å²) in [5, 5.41) is 8.74. The average Bonchev–Trinajstić information content (AvgIpc) is 2.45. The molecule has 1 aromatic heterocycles. The van der Waals surface area contributed by atoms with Gasteiger partial charge in [0.15, 0.2) is 0 Å². The van der Waals surface area contributed by atoms with Gasteiger partial charge in [-0.1, -0.05) is 6.07 Å². The molecule has 0 spiro atoms. The lowest BCUT2D eigenvalue weighted by Crippen LogP contribution is -2.38. The molecule has 0 aromatic carbocycles. The van der Waals surface area contributed by atoms with Crippen molar-refractivity contribution < 1.29 is 9.90 Å². The number of hydrogen-bond donors (Lipinski definition) is 1. The van der Waals surface area contributed by atoms with Gasteiger partial charge in [0.2, 0.25) is 0 Å². The van der Waals surface area contributed by atoms with Crippen LogP contribution in [0.5, 0.6) is 0 Å². The van der Waals surface area contributed by atoms with Crippen molar-refractivity contribution >= 4 is 5.97 Å². The SMILES string of the molecule is O=C(O)CCC1CCCN(CCn2ccccc2=O)C1. The van der Waals surface area contributed by atoms with E-state index < -0.39 is 5.97 Å². The summed E-state index contributed by atoms with van der Waals surface area (Å²) in [4.78, 5) is 24.6. The number of nitrogens with zero attached hydrogens (tertiary/aromatic N) is 2. The van der Waals surface area contributed by atoms with Crippen LogP contribution < -0.4 is 5.56 Å². The summed E-state index contributed by atoms with van der Waals surface area (Å²) < 4.78 is 1.72. The van der Waals surface area contributed by atoms with Crippen LogP contribution in [0.25, 0.3) is 0 Å². The number of carboxylic acid groups (broad SMARTS) is 1. The lowest BCUT2D eigenvalue weighted by molar-refractivity contribution is -0.137. The Morgan fingerprint density at radius 2 is 2.20 bits per heavy atom. The van der Waals surface area contributed by atoms with Crippen LogP contribution in [0.3, 0.4) is 0 Å². The van der Waals surface area contributed by atoms with Crippen molar-refractivity contribution in [3.05, 3.63) is 34.7 Å². The molecule has 20 heavy (non-hydrogen) atoms. The standard InChI is InChI=1S/C15H22N2O3/c18-14-5-1-2-9-17(14)11-10-16-8-3-4-13(12-16)6-7-15(19)20/h1-2,5,9,13H,3-4,6-8,10-12H2,(H,19,20). The Labute approximate surface area is 118 Å². The Hall–Kier alpha value is -1.62. The van der Waals surface area contributed by atoms with Crippen LogP contribution in [-0.4, -0.2) is 40.2 Å². The molecule has 5 nitrogen and oxygen atoms in total. The molecule has 0 radical (unpaired) electrons. The zero-order valence-corrected chi connectivity index (χ0v) is 11.7. The Kier molecular flexibility index (Phi) is 5.35. The predicted octanol–water partition coefficient (Wildman–Crippen LogP) is 1.43. The topological polar surface area (TPSA) is 62.5 Å². The fraction of sp³-hybridized carbons (Fsp3) is 0.600. The molecule has 1 atom stereocenters. The first-order valence-electron chi connectivity index (χ1n) is 7.25. The third kappa shape index (κ3) is 4.49. The van der Waals surface area contributed by atoms with Gasteiger partial charge in [-0.2, -0.15) is 0 Å². The molecule has 0 bridgehead atoms. The third-order valence-electron chi connectivity index (χ3n) is 3.93. The van der Waals surface area contributed by atoms with Gasteiger partial charge in [-0.05, 0) is 37.8 Å². The minimum absolute atomic E-state index is 0.0342. The van der Waals surface area contributed by atoms with Gasteiger partial charge in [-0.15, -0.1) is 0 Å². The van der Waals surface area contributed by atoms with Gasteiger partial charge in [-0.25, -0.2) is 0 Å². The van der Waals surface area contributed by atoms with E-state index in [4.69, 9.17) is 5.11 Å². The first kappa shape index (κ1) is 14.8. The first-order valence-corrected chi connectivity index (χ1v) is 7.25. The zero-order valence-electron chi connectivity index (χ0n) is 11.7. The Morgan fingerprint density at radius 1 is 1.35 bits per heavy atom.